The van der Waals surface area contributed by atoms with Gasteiger partial charge in [-0.25, -0.2) is 0 Å². The first kappa shape index (κ1) is 14.5. The maximum atomic E-state index is 11.5. The highest BCUT2D eigenvalue weighted by Gasteiger charge is 2.18. The number of carbonyl (C=O) groups is 1. The Kier molecular flexibility index (Phi) is 6.56. The molecule has 0 aromatic rings. The van der Waals surface area contributed by atoms with Crippen molar-refractivity contribution in [3.63, 3.8) is 0 Å². The molecule has 0 aromatic heterocycles. The highest BCUT2D eigenvalue weighted by atomic mass is 16.1. The van der Waals surface area contributed by atoms with Crippen LogP contribution < -0.4 is 10.6 Å². The molecule has 3 atom stereocenters. The van der Waals surface area contributed by atoms with E-state index in [9.17, 15) is 4.79 Å². The Bertz CT molecular complexity index is 230. The summed E-state index contributed by atoms with van der Waals surface area (Å²) in [6.07, 6.45) is 6.37. The fourth-order valence-corrected chi connectivity index (χ4v) is 2.56. The molecule has 1 aliphatic carbocycles. The summed E-state index contributed by atoms with van der Waals surface area (Å²) in [5, 5.41) is 6.27. The third-order valence-electron chi connectivity index (χ3n) is 3.78. The fraction of sp³-hybridized carbons (Fsp3) is 0.929. The molecular formula is C14H28N2O. The highest BCUT2D eigenvalue weighted by molar-refractivity contribution is 5.78. The van der Waals surface area contributed by atoms with Gasteiger partial charge in [0.05, 0.1) is 6.54 Å². The van der Waals surface area contributed by atoms with Crippen molar-refractivity contribution in [1.29, 1.82) is 0 Å². The quantitative estimate of drug-likeness (QED) is 0.748. The summed E-state index contributed by atoms with van der Waals surface area (Å²) in [6.45, 7) is 7.93. The molecule has 1 fully saturated rings. The zero-order valence-corrected chi connectivity index (χ0v) is 11.6. The van der Waals surface area contributed by atoms with Gasteiger partial charge < -0.3 is 10.6 Å². The lowest BCUT2D eigenvalue weighted by Crippen LogP contribution is -2.40. The average molecular weight is 240 g/mol. The van der Waals surface area contributed by atoms with E-state index < -0.39 is 0 Å². The van der Waals surface area contributed by atoms with Gasteiger partial charge in [-0.1, -0.05) is 26.7 Å². The second-order valence-electron chi connectivity index (χ2n) is 5.65. The van der Waals surface area contributed by atoms with Crippen molar-refractivity contribution in [3.8, 4) is 0 Å². The second-order valence-corrected chi connectivity index (χ2v) is 5.65. The summed E-state index contributed by atoms with van der Waals surface area (Å²) in [5.74, 6) is 1.77. The number of hydrogen-bond donors (Lipinski definition) is 2. The molecule has 0 saturated heterocycles. The summed E-state index contributed by atoms with van der Waals surface area (Å²) in [4.78, 5) is 11.5. The molecule has 0 radical (unpaired) electrons. The van der Waals surface area contributed by atoms with Crippen LogP contribution in [0.25, 0.3) is 0 Å². The van der Waals surface area contributed by atoms with Crippen molar-refractivity contribution in [3.05, 3.63) is 0 Å². The SMILES string of the molecule is CCC(C)NC(=O)CNCC1CCCC(C)C1. The van der Waals surface area contributed by atoms with Gasteiger partial charge in [-0.05, 0) is 44.6 Å². The smallest absolute Gasteiger partial charge is 0.234 e. The molecular weight excluding hydrogens is 212 g/mol. The topological polar surface area (TPSA) is 41.1 Å². The summed E-state index contributed by atoms with van der Waals surface area (Å²) in [5.41, 5.74) is 0. The molecule has 3 nitrogen and oxygen atoms in total. The van der Waals surface area contributed by atoms with Gasteiger partial charge in [0.1, 0.15) is 0 Å². The van der Waals surface area contributed by atoms with Crippen molar-refractivity contribution >= 4 is 5.91 Å². The number of hydrogen-bond acceptors (Lipinski definition) is 2. The largest absolute Gasteiger partial charge is 0.353 e. The minimum absolute atomic E-state index is 0.128. The predicted octanol–water partition coefficient (Wildman–Crippen LogP) is 2.32. The lowest BCUT2D eigenvalue weighted by atomic mass is 9.82. The Morgan fingerprint density at radius 3 is 2.82 bits per heavy atom. The van der Waals surface area contributed by atoms with E-state index in [1.165, 1.54) is 25.7 Å². The first-order valence-electron chi connectivity index (χ1n) is 7.11. The van der Waals surface area contributed by atoms with E-state index in [2.05, 4.69) is 24.5 Å². The van der Waals surface area contributed by atoms with Crippen LogP contribution in [0.5, 0.6) is 0 Å². The normalized spacial score (nSPS) is 26.5. The van der Waals surface area contributed by atoms with E-state index in [0.29, 0.717) is 12.6 Å². The zero-order valence-electron chi connectivity index (χ0n) is 11.6. The van der Waals surface area contributed by atoms with Gasteiger partial charge in [-0.2, -0.15) is 0 Å². The van der Waals surface area contributed by atoms with Crippen LogP contribution in [0.15, 0.2) is 0 Å². The fourth-order valence-electron chi connectivity index (χ4n) is 2.56. The lowest BCUT2D eigenvalue weighted by Gasteiger charge is -2.26. The first-order valence-corrected chi connectivity index (χ1v) is 7.11. The van der Waals surface area contributed by atoms with Crippen LogP contribution in [0.2, 0.25) is 0 Å². The number of nitrogens with one attached hydrogen (secondary N) is 2. The van der Waals surface area contributed by atoms with Crippen molar-refractivity contribution in [2.45, 2.75) is 58.9 Å². The Hall–Kier alpha value is -0.570. The minimum atomic E-state index is 0.128. The predicted molar refractivity (Wildman–Crippen MR) is 71.9 cm³/mol. The number of amides is 1. The minimum Gasteiger partial charge on any atom is -0.353 e. The van der Waals surface area contributed by atoms with Crippen LogP contribution in [0.3, 0.4) is 0 Å². The third-order valence-corrected chi connectivity index (χ3v) is 3.78. The molecule has 1 rings (SSSR count). The maximum absolute atomic E-state index is 11.5. The summed E-state index contributed by atoms with van der Waals surface area (Å²) < 4.78 is 0. The molecule has 0 heterocycles. The van der Waals surface area contributed by atoms with E-state index in [1.54, 1.807) is 0 Å². The standard InChI is InChI=1S/C14H28N2O/c1-4-12(3)16-14(17)10-15-9-13-7-5-6-11(2)8-13/h11-13,15H,4-10H2,1-3H3,(H,16,17). The Labute approximate surface area is 106 Å². The van der Waals surface area contributed by atoms with E-state index >= 15 is 0 Å². The lowest BCUT2D eigenvalue weighted by molar-refractivity contribution is -0.120. The number of rotatable bonds is 6. The first-order chi connectivity index (χ1) is 8.11. The molecule has 0 bridgehead atoms. The van der Waals surface area contributed by atoms with E-state index in [0.717, 1.165) is 24.8 Å². The second kappa shape index (κ2) is 7.70. The number of carbonyl (C=O) groups excluding carboxylic acids is 1. The van der Waals surface area contributed by atoms with Crippen molar-refractivity contribution < 1.29 is 4.79 Å². The van der Waals surface area contributed by atoms with Gasteiger partial charge in [0, 0.05) is 6.04 Å². The molecule has 3 unspecified atom stereocenters. The maximum Gasteiger partial charge on any atom is 0.234 e. The summed E-state index contributed by atoms with van der Waals surface area (Å²) in [7, 11) is 0. The van der Waals surface area contributed by atoms with Crippen molar-refractivity contribution in [2.75, 3.05) is 13.1 Å². The molecule has 3 heteroatoms. The van der Waals surface area contributed by atoms with Gasteiger partial charge >= 0.3 is 0 Å². The molecule has 0 aliphatic heterocycles. The Morgan fingerprint density at radius 2 is 2.18 bits per heavy atom. The zero-order chi connectivity index (χ0) is 12.7. The van der Waals surface area contributed by atoms with Gasteiger partial charge in [0.15, 0.2) is 0 Å². The van der Waals surface area contributed by atoms with Crippen molar-refractivity contribution in [2.24, 2.45) is 11.8 Å². The van der Waals surface area contributed by atoms with Crippen LogP contribution >= 0.6 is 0 Å². The van der Waals surface area contributed by atoms with Crippen molar-refractivity contribution in [1.82, 2.24) is 10.6 Å². The van der Waals surface area contributed by atoms with E-state index in [-0.39, 0.29) is 5.91 Å². The molecule has 1 amide bonds. The average Bonchev–Trinajstić information content (AvgIpc) is 2.29. The Balaban J connectivity index is 2.08. The molecule has 0 aromatic carbocycles. The van der Waals surface area contributed by atoms with Crippen LogP contribution in [-0.2, 0) is 4.79 Å². The van der Waals surface area contributed by atoms with Gasteiger partial charge in [0.2, 0.25) is 5.91 Å². The summed E-state index contributed by atoms with van der Waals surface area (Å²) >= 11 is 0. The van der Waals surface area contributed by atoms with Gasteiger partial charge in [0.25, 0.3) is 0 Å². The van der Waals surface area contributed by atoms with Gasteiger partial charge in [-0.3, -0.25) is 4.79 Å². The highest BCUT2D eigenvalue weighted by Crippen LogP contribution is 2.27. The monoisotopic (exact) mass is 240 g/mol. The van der Waals surface area contributed by atoms with Gasteiger partial charge in [-0.15, -0.1) is 0 Å². The Morgan fingerprint density at radius 1 is 1.41 bits per heavy atom. The van der Waals surface area contributed by atoms with Crippen LogP contribution in [0, 0.1) is 11.8 Å². The van der Waals surface area contributed by atoms with Crippen LogP contribution in [0.1, 0.15) is 52.9 Å². The summed E-state index contributed by atoms with van der Waals surface area (Å²) in [6, 6.07) is 0.291. The molecule has 100 valence electrons. The third kappa shape index (κ3) is 6.06. The molecule has 1 aliphatic rings. The molecule has 17 heavy (non-hydrogen) atoms. The van der Waals surface area contributed by atoms with Crippen LogP contribution in [0.4, 0.5) is 0 Å². The van der Waals surface area contributed by atoms with Crippen LogP contribution in [-0.4, -0.2) is 25.0 Å². The van der Waals surface area contributed by atoms with E-state index in [1.807, 2.05) is 6.92 Å². The molecule has 2 N–H and O–H groups in total. The molecule has 0 spiro atoms. The molecule has 1 saturated carbocycles. The van der Waals surface area contributed by atoms with E-state index in [4.69, 9.17) is 0 Å².